The molecule has 1 unspecified atom stereocenters. The van der Waals surface area contributed by atoms with Gasteiger partial charge in [-0.3, -0.25) is 9.36 Å². The van der Waals surface area contributed by atoms with Gasteiger partial charge in [-0.25, -0.2) is 9.79 Å². The number of carbonyl (C=O) groups is 1. The molecule has 0 saturated heterocycles. The highest BCUT2D eigenvalue weighted by Crippen LogP contribution is 2.37. The topological polar surface area (TPSA) is 88.4 Å². The number of esters is 1. The molecule has 35 heavy (non-hydrogen) atoms. The van der Waals surface area contributed by atoms with Gasteiger partial charge < -0.3 is 18.9 Å². The number of rotatable bonds is 7. The molecular weight excluding hydrogens is 468 g/mol. The molecule has 1 atom stereocenters. The van der Waals surface area contributed by atoms with Crippen molar-refractivity contribution >= 4 is 23.4 Å². The fourth-order valence-electron chi connectivity index (χ4n) is 3.99. The molecule has 0 bridgehead atoms. The zero-order valence-corrected chi connectivity index (χ0v) is 21.0. The van der Waals surface area contributed by atoms with E-state index in [2.05, 4.69) is 4.99 Å². The van der Waals surface area contributed by atoms with Gasteiger partial charge in [0.25, 0.3) is 5.56 Å². The van der Waals surface area contributed by atoms with E-state index in [-0.39, 0.29) is 17.7 Å². The maximum Gasteiger partial charge on any atom is 0.338 e. The van der Waals surface area contributed by atoms with Gasteiger partial charge in [-0.1, -0.05) is 23.5 Å². The minimum Gasteiger partial charge on any atom is -0.497 e. The fraction of sp³-hybridized carbons (Fsp3) is 0.269. The molecule has 0 aliphatic carbocycles. The SMILES string of the molecule is CCOC(=O)C1=C(C)N=c2sc(=Cc3ccc(OC)cc3)c(=O)n2C1c1cc(OC)ccc1OC. The van der Waals surface area contributed by atoms with Crippen molar-refractivity contribution in [2.45, 2.75) is 19.9 Å². The molecular formula is C26H26N2O6S. The van der Waals surface area contributed by atoms with Crippen molar-refractivity contribution in [2.75, 3.05) is 27.9 Å². The van der Waals surface area contributed by atoms with Crippen LogP contribution < -0.4 is 29.1 Å². The molecule has 1 aliphatic rings. The predicted molar refractivity (Wildman–Crippen MR) is 133 cm³/mol. The molecule has 0 saturated carbocycles. The summed E-state index contributed by atoms with van der Waals surface area (Å²) in [7, 11) is 4.70. The lowest BCUT2D eigenvalue weighted by atomic mass is 9.94. The van der Waals surface area contributed by atoms with Crippen molar-refractivity contribution in [3.63, 3.8) is 0 Å². The van der Waals surface area contributed by atoms with Crippen LogP contribution in [0.5, 0.6) is 17.2 Å². The summed E-state index contributed by atoms with van der Waals surface area (Å²) in [6.45, 7) is 3.67. The summed E-state index contributed by atoms with van der Waals surface area (Å²) < 4.78 is 23.6. The van der Waals surface area contributed by atoms with E-state index in [0.29, 0.717) is 32.1 Å². The first kappa shape index (κ1) is 24.3. The summed E-state index contributed by atoms with van der Waals surface area (Å²) in [5.74, 6) is 1.27. The number of hydrogen-bond donors (Lipinski definition) is 0. The normalized spacial score (nSPS) is 15.3. The second-order valence-corrected chi connectivity index (χ2v) is 8.69. The van der Waals surface area contributed by atoms with Crippen LogP contribution in [0.1, 0.15) is 31.0 Å². The van der Waals surface area contributed by atoms with Crippen LogP contribution in [0.4, 0.5) is 0 Å². The lowest BCUT2D eigenvalue weighted by Gasteiger charge is -2.26. The van der Waals surface area contributed by atoms with Crippen LogP contribution in [-0.2, 0) is 9.53 Å². The fourth-order valence-corrected chi connectivity index (χ4v) is 5.04. The van der Waals surface area contributed by atoms with Crippen LogP contribution in [0.15, 0.2) is 63.5 Å². The zero-order valence-electron chi connectivity index (χ0n) is 20.2. The molecule has 0 amide bonds. The number of allylic oxidation sites excluding steroid dienone is 1. The van der Waals surface area contributed by atoms with Gasteiger partial charge >= 0.3 is 5.97 Å². The summed E-state index contributed by atoms with van der Waals surface area (Å²) >= 11 is 1.26. The third-order valence-electron chi connectivity index (χ3n) is 5.66. The summed E-state index contributed by atoms with van der Waals surface area (Å²) in [5.41, 5.74) is 1.93. The first-order chi connectivity index (χ1) is 16.9. The van der Waals surface area contributed by atoms with Gasteiger partial charge in [-0.15, -0.1) is 0 Å². The van der Waals surface area contributed by atoms with Crippen LogP contribution in [0.3, 0.4) is 0 Å². The van der Waals surface area contributed by atoms with Crippen molar-refractivity contribution in [1.82, 2.24) is 4.57 Å². The Morgan fingerprint density at radius 2 is 1.74 bits per heavy atom. The predicted octanol–water partition coefficient (Wildman–Crippen LogP) is 2.82. The maximum atomic E-state index is 13.7. The third-order valence-corrected chi connectivity index (χ3v) is 6.64. The van der Waals surface area contributed by atoms with Gasteiger partial charge in [0.15, 0.2) is 4.80 Å². The van der Waals surface area contributed by atoms with E-state index in [1.54, 1.807) is 59.5 Å². The molecule has 8 nitrogen and oxygen atoms in total. The molecule has 0 spiro atoms. The average molecular weight is 495 g/mol. The molecule has 3 aromatic rings. The van der Waals surface area contributed by atoms with Crippen LogP contribution in [0.25, 0.3) is 6.08 Å². The molecule has 4 rings (SSSR count). The highest BCUT2D eigenvalue weighted by Gasteiger charge is 2.35. The van der Waals surface area contributed by atoms with Crippen LogP contribution in [0.2, 0.25) is 0 Å². The number of carbonyl (C=O) groups excluding carboxylic acids is 1. The molecule has 2 aromatic carbocycles. The Morgan fingerprint density at radius 1 is 1.06 bits per heavy atom. The molecule has 0 fully saturated rings. The summed E-state index contributed by atoms with van der Waals surface area (Å²) in [6.07, 6.45) is 1.80. The number of thiazole rings is 1. The Kier molecular flexibility index (Phi) is 7.07. The van der Waals surface area contributed by atoms with Gasteiger partial charge in [0.05, 0.1) is 43.7 Å². The third kappa shape index (κ3) is 4.59. The largest absolute Gasteiger partial charge is 0.497 e. The molecule has 2 heterocycles. The van der Waals surface area contributed by atoms with Crippen LogP contribution in [-0.4, -0.2) is 38.5 Å². The van der Waals surface area contributed by atoms with Gasteiger partial charge in [0.1, 0.15) is 23.3 Å². The highest BCUT2D eigenvalue weighted by molar-refractivity contribution is 7.07. The number of benzene rings is 2. The Morgan fingerprint density at radius 3 is 2.37 bits per heavy atom. The van der Waals surface area contributed by atoms with Gasteiger partial charge in [-0.2, -0.15) is 0 Å². The van der Waals surface area contributed by atoms with Gasteiger partial charge in [-0.05, 0) is 55.8 Å². The van der Waals surface area contributed by atoms with E-state index in [4.69, 9.17) is 18.9 Å². The first-order valence-electron chi connectivity index (χ1n) is 11.0. The van der Waals surface area contributed by atoms with E-state index in [1.165, 1.54) is 15.9 Å². The van der Waals surface area contributed by atoms with Crippen molar-refractivity contribution in [3.05, 3.63) is 84.5 Å². The van der Waals surface area contributed by atoms with E-state index in [1.807, 2.05) is 24.3 Å². The number of nitrogens with zero attached hydrogens (tertiary/aromatic N) is 2. The molecule has 0 N–H and O–H groups in total. The van der Waals surface area contributed by atoms with Crippen molar-refractivity contribution < 1.29 is 23.7 Å². The average Bonchev–Trinajstić information content (AvgIpc) is 3.17. The number of aromatic nitrogens is 1. The van der Waals surface area contributed by atoms with E-state index < -0.39 is 12.0 Å². The van der Waals surface area contributed by atoms with E-state index >= 15 is 0 Å². The van der Waals surface area contributed by atoms with Crippen LogP contribution in [0, 0.1) is 0 Å². The Labute approximate surface area is 206 Å². The van der Waals surface area contributed by atoms with Crippen molar-refractivity contribution in [2.24, 2.45) is 4.99 Å². The summed E-state index contributed by atoms with van der Waals surface area (Å²) in [4.78, 5) is 31.9. The molecule has 1 aliphatic heterocycles. The standard InChI is InChI=1S/C26H26N2O6S/c1-6-34-25(30)22-15(2)27-26-28(23(22)19-14-18(32-4)11-12-20(19)33-5)24(29)21(35-26)13-16-7-9-17(31-3)10-8-16/h7-14,23H,6H2,1-5H3. The maximum absolute atomic E-state index is 13.7. The molecule has 0 radical (unpaired) electrons. The summed E-state index contributed by atoms with van der Waals surface area (Å²) in [6, 6.07) is 11.9. The van der Waals surface area contributed by atoms with Gasteiger partial charge in [0, 0.05) is 5.56 Å². The zero-order chi connectivity index (χ0) is 25.1. The second-order valence-electron chi connectivity index (χ2n) is 7.68. The monoisotopic (exact) mass is 494 g/mol. The van der Waals surface area contributed by atoms with Crippen LogP contribution >= 0.6 is 11.3 Å². The quantitative estimate of drug-likeness (QED) is 0.470. The lowest BCUT2D eigenvalue weighted by Crippen LogP contribution is -2.40. The van der Waals surface area contributed by atoms with Gasteiger partial charge in [0.2, 0.25) is 0 Å². The van der Waals surface area contributed by atoms with Crippen molar-refractivity contribution in [1.29, 1.82) is 0 Å². The molecule has 9 heteroatoms. The second kappa shape index (κ2) is 10.2. The highest BCUT2D eigenvalue weighted by atomic mass is 32.1. The molecule has 182 valence electrons. The van der Waals surface area contributed by atoms with Crippen molar-refractivity contribution in [3.8, 4) is 17.2 Å². The number of fused-ring (bicyclic) bond motifs is 1. The van der Waals surface area contributed by atoms with E-state index in [0.717, 1.165) is 11.3 Å². The Balaban J connectivity index is 1.98. The van der Waals surface area contributed by atoms with E-state index in [9.17, 15) is 9.59 Å². The minimum absolute atomic E-state index is 0.194. The first-order valence-corrected chi connectivity index (χ1v) is 11.8. The summed E-state index contributed by atoms with van der Waals surface area (Å²) in [5, 5.41) is 0. The number of ether oxygens (including phenoxy) is 4. The smallest absolute Gasteiger partial charge is 0.338 e. The number of hydrogen-bond acceptors (Lipinski definition) is 8. The number of methoxy groups -OCH3 is 3. The Hall–Kier alpha value is -3.85. The molecule has 1 aromatic heterocycles. The Bertz CT molecular complexity index is 1470. The minimum atomic E-state index is -0.798. The lowest BCUT2D eigenvalue weighted by molar-refractivity contribution is -0.139.